The number of halogens is 2. The number of nitrogens with one attached hydrogen (secondary N) is 3. The summed E-state index contributed by atoms with van der Waals surface area (Å²) in [5.41, 5.74) is 2.00. The van der Waals surface area contributed by atoms with E-state index in [-0.39, 0.29) is 19.6 Å². The van der Waals surface area contributed by atoms with Crippen molar-refractivity contribution < 1.29 is 46.0 Å². The summed E-state index contributed by atoms with van der Waals surface area (Å²) in [7, 11) is -4.12. The molecule has 0 unspecified atom stereocenters. The molecule has 2 saturated carbocycles. The van der Waals surface area contributed by atoms with Crippen molar-refractivity contribution in [1.29, 1.82) is 0 Å². The largest absolute Gasteiger partial charge is 0.450 e. The van der Waals surface area contributed by atoms with Gasteiger partial charge in [-0.3, -0.25) is 19.1 Å². The highest BCUT2D eigenvalue weighted by atomic mass is 32.2. The Kier molecular flexibility index (Phi) is 10.2. The Hall–Kier alpha value is -4.86. The predicted molar refractivity (Wildman–Crippen MR) is 198 cm³/mol. The minimum absolute atomic E-state index is 0.109. The average Bonchev–Trinajstić information content (AvgIpc) is 4.04. The zero-order chi connectivity index (χ0) is 39.3. The third-order valence-electron chi connectivity index (χ3n) is 10.9. The SMILES string of the molecule is CC(C)(C)[C@@H]1NC(=O)OCCCC/C=C/c2ccc3c(c2)C(=NO[C@@H]2C[C@@H](C(=O)N[C@]4(C(=O)NS(=O)(=O)C5CC5)C[C@H]4C(F)F)N(C2)C1=O)c1ccccc1-3. The van der Waals surface area contributed by atoms with Crippen LogP contribution >= 0.6 is 0 Å². The summed E-state index contributed by atoms with van der Waals surface area (Å²) in [4.78, 5) is 62.3. The summed E-state index contributed by atoms with van der Waals surface area (Å²) in [5.74, 6) is -4.51. The second-order valence-electron chi connectivity index (χ2n) is 16.0. The molecule has 294 valence electrons. The first-order chi connectivity index (χ1) is 26.1. The number of cyclic esters (lactones) is 1. The van der Waals surface area contributed by atoms with E-state index in [0.717, 1.165) is 40.7 Å². The van der Waals surface area contributed by atoms with E-state index in [9.17, 15) is 36.4 Å². The lowest BCUT2D eigenvalue weighted by atomic mass is 9.85. The van der Waals surface area contributed by atoms with Crippen LogP contribution in [0.2, 0.25) is 0 Å². The summed E-state index contributed by atoms with van der Waals surface area (Å²) in [6, 6.07) is 11.2. The fourth-order valence-corrected chi connectivity index (χ4v) is 8.88. The van der Waals surface area contributed by atoms with Crippen molar-refractivity contribution in [1.82, 2.24) is 20.3 Å². The Balaban J connectivity index is 1.22. The van der Waals surface area contributed by atoms with Crippen LogP contribution in [0.5, 0.6) is 0 Å². The fraction of sp³-hybridized carbons (Fsp3) is 0.513. The van der Waals surface area contributed by atoms with Gasteiger partial charge in [0.1, 0.15) is 29.4 Å². The van der Waals surface area contributed by atoms with Crippen LogP contribution < -0.4 is 15.4 Å². The summed E-state index contributed by atoms with van der Waals surface area (Å²) >= 11 is 0. The molecule has 3 fully saturated rings. The zero-order valence-electron chi connectivity index (χ0n) is 30.8. The molecule has 2 heterocycles. The minimum Gasteiger partial charge on any atom is -0.450 e. The molecule has 2 aliphatic heterocycles. The number of hydrogen-bond acceptors (Lipinski definition) is 9. The molecule has 3 N–H and O–H groups in total. The van der Waals surface area contributed by atoms with Crippen molar-refractivity contribution in [2.45, 2.75) is 101 Å². The Bertz CT molecular complexity index is 2060. The highest BCUT2D eigenvalue weighted by molar-refractivity contribution is 7.91. The highest BCUT2D eigenvalue weighted by Crippen LogP contribution is 2.48. The summed E-state index contributed by atoms with van der Waals surface area (Å²) in [6.45, 7) is 5.12. The second kappa shape index (κ2) is 14.7. The maximum atomic E-state index is 14.5. The quantitative estimate of drug-likeness (QED) is 0.328. The normalized spacial score (nSPS) is 27.5. The van der Waals surface area contributed by atoms with Gasteiger partial charge in [-0.15, -0.1) is 0 Å². The van der Waals surface area contributed by atoms with Gasteiger partial charge in [-0.05, 0) is 66.7 Å². The number of carbonyl (C=O) groups is 4. The standard InChI is InChI=1S/C39H45F2N5O8S/c1-38(2,3)32-35(48)46-21-23(19-30(46)34(47)43-39(20-29(39)33(40)41)36(49)45-55(51,52)24-14-15-24)54-44-31-27-12-8-7-11-25(27)26-16-13-22(18-28(26)31)10-6-4-5-9-17-53-37(50)42-32/h6-8,10-13,16,18,23-24,29-30,32-33H,4-5,9,14-15,17,19-21H2,1-3H3,(H,42,50)(H,43,47)(H,45,49)/b10-6+,44-31?/t23-,29+,30+,32-,39-/m1/s1. The molecule has 13 nitrogen and oxygen atoms in total. The summed E-state index contributed by atoms with van der Waals surface area (Å²) < 4.78 is 60.8. The average molecular weight is 782 g/mol. The number of hydrogen-bond donors (Lipinski definition) is 3. The molecular weight excluding hydrogens is 737 g/mol. The van der Waals surface area contributed by atoms with Gasteiger partial charge in [-0.2, -0.15) is 0 Å². The molecule has 1 saturated heterocycles. The Labute approximate surface area is 318 Å². The molecule has 4 amide bonds. The lowest BCUT2D eigenvalue weighted by molar-refractivity contribution is -0.143. The third kappa shape index (κ3) is 7.82. The number of allylic oxidation sites excluding steroid dienone is 1. The van der Waals surface area contributed by atoms with Crippen LogP contribution in [0, 0.1) is 11.3 Å². The van der Waals surface area contributed by atoms with Crippen molar-refractivity contribution in [2.24, 2.45) is 16.5 Å². The second-order valence-corrected chi connectivity index (χ2v) is 18.0. The van der Waals surface area contributed by atoms with Crippen molar-refractivity contribution in [3.63, 3.8) is 0 Å². The number of amides is 4. The number of carbonyl (C=O) groups excluding carboxylic acids is 4. The van der Waals surface area contributed by atoms with Crippen LogP contribution in [-0.2, 0) is 34.0 Å². The number of alkyl halides is 2. The summed E-state index contributed by atoms with van der Waals surface area (Å²) in [6.07, 6.45) is 1.39. The van der Waals surface area contributed by atoms with E-state index in [4.69, 9.17) is 9.57 Å². The third-order valence-corrected chi connectivity index (χ3v) is 12.7. The topological polar surface area (TPSA) is 173 Å². The number of oxime groups is 1. The van der Waals surface area contributed by atoms with Crippen LogP contribution in [0.25, 0.3) is 17.2 Å². The van der Waals surface area contributed by atoms with E-state index >= 15 is 0 Å². The van der Waals surface area contributed by atoms with Crippen LogP contribution in [0.15, 0.2) is 53.7 Å². The van der Waals surface area contributed by atoms with Crippen molar-refractivity contribution in [3.8, 4) is 11.1 Å². The van der Waals surface area contributed by atoms with Gasteiger partial charge in [0, 0.05) is 17.5 Å². The van der Waals surface area contributed by atoms with E-state index in [1.165, 1.54) is 4.90 Å². The molecule has 7 rings (SSSR count). The predicted octanol–water partition coefficient (Wildman–Crippen LogP) is 4.49. The lowest BCUT2D eigenvalue weighted by Crippen LogP contribution is -2.60. The monoisotopic (exact) mass is 781 g/mol. The van der Waals surface area contributed by atoms with Gasteiger partial charge in [-0.25, -0.2) is 22.0 Å². The molecule has 0 spiro atoms. The van der Waals surface area contributed by atoms with Gasteiger partial charge in [0.15, 0.2) is 0 Å². The molecule has 16 heteroatoms. The van der Waals surface area contributed by atoms with Crippen LogP contribution in [0.1, 0.15) is 82.4 Å². The molecule has 5 aliphatic rings. The van der Waals surface area contributed by atoms with Crippen LogP contribution in [-0.4, -0.2) is 91.4 Å². The molecule has 5 atom stereocenters. The van der Waals surface area contributed by atoms with Gasteiger partial charge < -0.3 is 25.1 Å². The molecule has 0 radical (unpaired) electrons. The molecule has 0 aromatic heterocycles. The molecule has 2 aromatic carbocycles. The lowest BCUT2D eigenvalue weighted by Gasteiger charge is -2.35. The molecule has 2 aromatic rings. The van der Waals surface area contributed by atoms with Crippen LogP contribution in [0.4, 0.5) is 13.6 Å². The first-order valence-electron chi connectivity index (χ1n) is 18.6. The number of fused-ring (bicyclic) bond motifs is 6. The molecular formula is C39H45F2N5O8S. The number of rotatable bonds is 6. The van der Waals surface area contributed by atoms with Gasteiger partial charge in [0.05, 0.1) is 24.3 Å². The van der Waals surface area contributed by atoms with E-state index in [2.05, 4.69) is 15.8 Å². The molecule has 3 aliphatic carbocycles. The van der Waals surface area contributed by atoms with Gasteiger partial charge in [0.25, 0.3) is 5.91 Å². The molecule has 55 heavy (non-hydrogen) atoms. The zero-order valence-corrected chi connectivity index (χ0v) is 31.7. The maximum Gasteiger partial charge on any atom is 0.407 e. The highest BCUT2D eigenvalue weighted by Gasteiger charge is 2.67. The minimum atomic E-state index is -4.12. The van der Waals surface area contributed by atoms with Gasteiger partial charge in [0.2, 0.25) is 28.3 Å². The summed E-state index contributed by atoms with van der Waals surface area (Å²) in [5, 5.41) is 8.87. The van der Waals surface area contributed by atoms with E-state index < -0.39 is 87.0 Å². The van der Waals surface area contributed by atoms with Crippen LogP contribution in [0.3, 0.4) is 0 Å². The van der Waals surface area contributed by atoms with E-state index in [1.54, 1.807) is 20.8 Å². The number of nitrogens with zero attached hydrogens (tertiary/aromatic N) is 2. The smallest absolute Gasteiger partial charge is 0.407 e. The Morgan fingerprint density at radius 2 is 1.76 bits per heavy atom. The first-order valence-corrected chi connectivity index (χ1v) is 20.2. The maximum absolute atomic E-state index is 14.5. The fourth-order valence-electron chi connectivity index (χ4n) is 7.52. The van der Waals surface area contributed by atoms with E-state index in [0.29, 0.717) is 25.0 Å². The van der Waals surface area contributed by atoms with Crippen molar-refractivity contribution >= 4 is 45.6 Å². The number of benzene rings is 2. The van der Waals surface area contributed by atoms with Gasteiger partial charge >= 0.3 is 6.09 Å². The van der Waals surface area contributed by atoms with E-state index in [1.807, 2.05) is 59.3 Å². The Morgan fingerprint density at radius 1 is 1.04 bits per heavy atom. The van der Waals surface area contributed by atoms with Gasteiger partial charge in [-0.1, -0.05) is 74.5 Å². The van der Waals surface area contributed by atoms with Crippen molar-refractivity contribution in [2.75, 3.05) is 13.2 Å². The number of sulfonamides is 1. The number of ether oxygens (including phenoxy) is 1. The number of alkyl carbamates (subject to hydrolysis) is 1. The Morgan fingerprint density at radius 3 is 2.45 bits per heavy atom. The first kappa shape index (κ1) is 38.4. The molecule has 4 bridgehead atoms. The van der Waals surface area contributed by atoms with Crippen molar-refractivity contribution in [3.05, 3.63) is 65.2 Å².